The second-order valence-corrected chi connectivity index (χ2v) is 5.24. The van der Waals surface area contributed by atoms with Crippen molar-refractivity contribution in [2.75, 3.05) is 0 Å². The van der Waals surface area contributed by atoms with Crippen molar-refractivity contribution in [1.29, 1.82) is 0 Å². The van der Waals surface area contributed by atoms with Crippen molar-refractivity contribution in [2.24, 2.45) is 0 Å². The first kappa shape index (κ1) is 10.5. The molecular formula is C8H3Br2ClN2S. The Kier molecular flexibility index (Phi) is 3.21. The van der Waals surface area contributed by atoms with Crippen LogP contribution in [0.25, 0.3) is 10.6 Å². The van der Waals surface area contributed by atoms with Gasteiger partial charge in [-0.05, 0) is 45.7 Å². The molecule has 0 unspecified atom stereocenters. The topological polar surface area (TPSA) is 25.8 Å². The van der Waals surface area contributed by atoms with Crippen LogP contribution >= 0.6 is 55.0 Å². The zero-order valence-corrected chi connectivity index (χ0v) is 11.4. The number of benzene rings is 1. The molecule has 0 aliphatic rings. The normalized spacial score (nSPS) is 10.5. The first-order chi connectivity index (χ1) is 6.66. The minimum atomic E-state index is 0.611. The smallest absolute Gasteiger partial charge is 0.209 e. The van der Waals surface area contributed by atoms with E-state index in [4.69, 9.17) is 11.6 Å². The number of rotatable bonds is 1. The summed E-state index contributed by atoms with van der Waals surface area (Å²) in [5, 5.41) is 1.56. The van der Waals surface area contributed by atoms with Crippen molar-refractivity contribution in [3.63, 3.8) is 0 Å². The molecule has 1 aromatic carbocycles. The molecule has 0 bridgehead atoms. The molecule has 2 nitrogen and oxygen atoms in total. The average molecular weight is 354 g/mol. The van der Waals surface area contributed by atoms with Crippen LogP contribution in [0.15, 0.2) is 27.4 Å². The lowest BCUT2D eigenvalue weighted by Crippen LogP contribution is -1.78. The molecule has 0 amide bonds. The van der Waals surface area contributed by atoms with E-state index >= 15 is 0 Å². The van der Waals surface area contributed by atoms with Gasteiger partial charge in [0.05, 0.1) is 0 Å². The van der Waals surface area contributed by atoms with Crippen molar-refractivity contribution in [2.45, 2.75) is 0 Å². The third-order valence-corrected chi connectivity index (χ3v) is 3.79. The minimum Gasteiger partial charge on any atom is -0.209 e. The van der Waals surface area contributed by atoms with Gasteiger partial charge in [-0.2, -0.15) is 4.37 Å². The Balaban J connectivity index is 2.52. The molecule has 2 aromatic rings. The number of hydrogen-bond donors (Lipinski definition) is 0. The van der Waals surface area contributed by atoms with Crippen LogP contribution in [0.4, 0.5) is 0 Å². The van der Waals surface area contributed by atoms with E-state index in [-0.39, 0.29) is 0 Å². The molecule has 72 valence electrons. The van der Waals surface area contributed by atoms with Gasteiger partial charge in [0, 0.05) is 15.1 Å². The summed E-state index contributed by atoms with van der Waals surface area (Å²) in [6.45, 7) is 0. The Morgan fingerprint density at radius 1 is 1.29 bits per heavy atom. The van der Waals surface area contributed by atoms with Gasteiger partial charge >= 0.3 is 0 Å². The molecular weight excluding hydrogens is 351 g/mol. The zero-order valence-electron chi connectivity index (χ0n) is 6.67. The standard InChI is InChI=1S/C8H3Br2ClN2S/c9-6-3-4(11)1-2-5(6)7-12-8(10)13-14-7/h1-3H. The van der Waals surface area contributed by atoms with Gasteiger partial charge in [-0.25, -0.2) is 4.98 Å². The van der Waals surface area contributed by atoms with Crippen LogP contribution in [0, 0.1) is 0 Å². The van der Waals surface area contributed by atoms with Gasteiger partial charge < -0.3 is 0 Å². The van der Waals surface area contributed by atoms with Crippen molar-refractivity contribution >= 4 is 55.0 Å². The molecule has 1 heterocycles. The van der Waals surface area contributed by atoms with Gasteiger partial charge in [0.2, 0.25) is 4.73 Å². The summed E-state index contributed by atoms with van der Waals surface area (Å²) in [6, 6.07) is 5.59. The molecule has 1 aromatic heterocycles. The SMILES string of the molecule is Clc1ccc(-c2nc(Br)ns2)c(Br)c1. The number of hydrogen-bond acceptors (Lipinski definition) is 3. The van der Waals surface area contributed by atoms with Gasteiger partial charge in [-0.3, -0.25) is 0 Å². The van der Waals surface area contributed by atoms with Crippen LogP contribution in [0.2, 0.25) is 5.02 Å². The van der Waals surface area contributed by atoms with Crippen LogP contribution in [-0.2, 0) is 0 Å². The van der Waals surface area contributed by atoms with Crippen LogP contribution in [0.5, 0.6) is 0 Å². The summed E-state index contributed by atoms with van der Waals surface area (Å²) in [7, 11) is 0. The third kappa shape index (κ3) is 2.16. The van der Waals surface area contributed by atoms with Gasteiger partial charge in [-0.15, -0.1) is 0 Å². The Labute approximate surface area is 107 Å². The van der Waals surface area contributed by atoms with Crippen molar-refractivity contribution in [1.82, 2.24) is 9.36 Å². The first-order valence-electron chi connectivity index (χ1n) is 3.61. The fourth-order valence-electron chi connectivity index (χ4n) is 0.978. The molecule has 0 fully saturated rings. The molecule has 2 rings (SSSR count). The van der Waals surface area contributed by atoms with Crippen LogP contribution in [-0.4, -0.2) is 9.36 Å². The van der Waals surface area contributed by atoms with Crippen molar-refractivity contribution in [3.05, 3.63) is 32.4 Å². The van der Waals surface area contributed by atoms with E-state index in [0.29, 0.717) is 9.76 Å². The van der Waals surface area contributed by atoms with E-state index in [1.807, 2.05) is 18.2 Å². The maximum Gasteiger partial charge on any atom is 0.209 e. The van der Waals surface area contributed by atoms with Gasteiger partial charge in [-0.1, -0.05) is 27.5 Å². The second-order valence-electron chi connectivity index (χ2n) is 2.49. The molecule has 0 radical (unpaired) electrons. The highest BCUT2D eigenvalue weighted by molar-refractivity contribution is 9.10. The molecule has 0 saturated carbocycles. The first-order valence-corrected chi connectivity index (χ1v) is 6.35. The molecule has 6 heteroatoms. The summed E-state index contributed by atoms with van der Waals surface area (Å²) < 4.78 is 5.59. The molecule has 0 N–H and O–H groups in total. The highest BCUT2D eigenvalue weighted by Gasteiger charge is 2.08. The lowest BCUT2D eigenvalue weighted by molar-refractivity contribution is 1.26. The fourth-order valence-corrected chi connectivity index (χ4v) is 3.10. The van der Waals surface area contributed by atoms with Crippen molar-refractivity contribution in [3.8, 4) is 10.6 Å². The molecule has 0 aliphatic carbocycles. The van der Waals surface area contributed by atoms with E-state index in [0.717, 1.165) is 15.0 Å². The number of aromatic nitrogens is 2. The van der Waals surface area contributed by atoms with E-state index in [1.165, 1.54) is 11.5 Å². The maximum atomic E-state index is 5.84. The van der Waals surface area contributed by atoms with Gasteiger partial charge in [0.15, 0.2) is 0 Å². The molecule has 0 spiro atoms. The highest BCUT2D eigenvalue weighted by Crippen LogP contribution is 2.32. The summed E-state index contributed by atoms with van der Waals surface area (Å²) in [4.78, 5) is 4.22. The van der Waals surface area contributed by atoms with E-state index < -0.39 is 0 Å². The van der Waals surface area contributed by atoms with Crippen LogP contribution in [0.1, 0.15) is 0 Å². The lowest BCUT2D eigenvalue weighted by Gasteiger charge is -1.99. The predicted molar refractivity (Wildman–Crippen MR) is 65.8 cm³/mol. The lowest BCUT2D eigenvalue weighted by atomic mass is 10.2. The minimum absolute atomic E-state index is 0.611. The van der Waals surface area contributed by atoms with Gasteiger partial charge in [0.25, 0.3) is 0 Å². The van der Waals surface area contributed by atoms with Gasteiger partial charge in [0.1, 0.15) is 5.01 Å². The largest absolute Gasteiger partial charge is 0.209 e. The predicted octanol–water partition coefficient (Wildman–Crippen LogP) is 4.38. The van der Waals surface area contributed by atoms with E-state index in [1.54, 1.807) is 0 Å². The van der Waals surface area contributed by atoms with Crippen LogP contribution < -0.4 is 0 Å². The average Bonchev–Trinajstić information content (AvgIpc) is 2.51. The molecule has 14 heavy (non-hydrogen) atoms. The summed E-state index contributed by atoms with van der Waals surface area (Å²) in [5.41, 5.74) is 0.998. The fraction of sp³-hybridized carbons (Fsp3) is 0. The molecule has 0 saturated heterocycles. The van der Waals surface area contributed by atoms with Crippen molar-refractivity contribution < 1.29 is 0 Å². The van der Waals surface area contributed by atoms with E-state index in [2.05, 4.69) is 41.2 Å². The van der Waals surface area contributed by atoms with E-state index in [9.17, 15) is 0 Å². The molecule has 0 aliphatic heterocycles. The maximum absolute atomic E-state index is 5.84. The quantitative estimate of drug-likeness (QED) is 0.759. The Hall–Kier alpha value is 0.0300. The monoisotopic (exact) mass is 352 g/mol. The summed E-state index contributed by atoms with van der Waals surface area (Å²) in [6.07, 6.45) is 0. The Morgan fingerprint density at radius 3 is 2.64 bits per heavy atom. The number of nitrogens with zero attached hydrogens (tertiary/aromatic N) is 2. The van der Waals surface area contributed by atoms with Crippen LogP contribution in [0.3, 0.4) is 0 Å². The summed E-state index contributed by atoms with van der Waals surface area (Å²) >= 11 is 13.8. The zero-order chi connectivity index (χ0) is 10.1. The Morgan fingerprint density at radius 2 is 2.07 bits per heavy atom. The Bertz CT molecular complexity index is 472. The summed E-state index contributed by atoms with van der Waals surface area (Å²) in [5.74, 6) is 0. The second kappa shape index (κ2) is 4.26. The number of halogens is 3. The molecule has 0 atom stereocenters. The third-order valence-electron chi connectivity index (χ3n) is 1.56. The highest BCUT2D eigenvalue weighted by atomic mass is 79.9.